The van der Waals surface area contributed by atoms with E-state index in [2.05, 4.69) is 4.90 Å². The van der Waals surface area contributed by atoms with Crippen LogP contribution < -0.4 is 0 Å². The predicted molar refractivity (Wildman–Crippen MR) is 38.3 cm³/mol. The zero-order chi connectivity index (χ0) is 6.85. The number of nitrogens with zero attached hydrogens (tertiary/aromatic N) is 2. The standard InChI is InChI=1S/C5H12N2OS/c1-6-3-4-7(2)9(8)5-6/h3-5H2,1-2H3. The molecule has 0 bridgehead atoms. The zero-order valence-corrected chi connectivity index (χ0v) is 6.65. The first-order valence-corrected chi connectivity index (χ1v) is 4.26. The van der Waals surface area contributed by atoms with E-state index in [1.807, 2.05) is 18.4 Å². The third kappa shape index (κ3) is 1.82. The Balaban J connectivity index is 2.35. The van der Waals surface area contributed by atoms with Gasteiger partial charge in [0.1, 0.15) is 0 Å². The molecule has 1 unspecified atom stereocenters. The van der Waals surface area contributed by atoms with Crippen LogP contribution in [0.5, 0.6) is 0 Å². The fraction of sp³-hybridized carbons (Fsp3) is 1.00. The van der Waals surface area contributed by atoms with Crippen LogP contribution in [0.2, 0.25) is 0 Å². The molecule has 0 aliphatic carbocycles. The highest BCUT2D eigenvalue weighted by molar-refractivity contribution is 7.89. The molecular formula is C5H12N2OS. The monoisotopic (exact) mass is 148 g/mol. The van der Waals surface area contributed by atoms with Gasteiger partial charge in [-0.2, -0.15) is 0 Å². The van der Waals surface area contributed by atoms with Crippen LogP contribution in [0.3, 0.4) is 0 Å². The lowest BCUT2D eigenvalue weighted by atomic mass is 10.6. The first-order valence-electron chi connectivity index (χ1n) is 2.98. The molecular weight excluding hydrogens is 136 g/mol. The van der Waals surface area contributed by atoms with Crippen molar-refractivity contribution < 1.29 is 4.55 Å². The Morgan fingerprint density at radius 3 is 2.44 bits per heavy atom. The van der Waals surface area contributed by atoms with Crippen molar-refractivity contribution in [2.45, 2.75) is 0 Å². The van der Waals surface area contributed by atoms with Gasteiger partial charge in [-0.15, -0.1) is 4.31 Å². The molecule has 9 heavy (non-hydrogen) atoms. The summed E-state index contributed by atoms with van der Waals surface area (Å²) in [5.74, 6) is 0.691. The summed E-state index contributed by atoms with van der Waals surface area (Å²) in [6.45, 7) is 1.95. The van der Waals surface area contributed by atoms with E-state index in [0.29, 0.717) is 5.88 Å². The lowest BCUT2D eigenvalue weighted by Crippen LogP contribution is -2.46. The lowest BCUT2D eigenvalue weighted by molar-refractivity contribution is 0.302. The molecule has 0 spiro atoms. The maximum atomic E-state index is 11.0. The maximum absolute atomic E-state index is 11.0. The van der Waals surface area contributed by atoms with Crippen LogP contribution in [0, 0.1) is 0 Å². The summed E-state index contributed by atoms with van der Waals surface area (Å²) in [4.78, 5) is 2.08. The van der Waals surface area contributed by atoms with Crippen molar-refractivity contribution in [1.29, 1.82) is 0 Å². The van der Waals surface area contributed by atoms with Gasteiger partial charge in [-0.25, -0.2) is 0 Å². The van der Waals surface area contributed by atoms with Crippen LogP contribution in [0.1, 0.15) is 0 Å². The first kappa shape index (κ1) is 7.34. The van der Waals surface area contributed by atoms with Gasteiger partial charge in [0.2, 0.25) is 0 Å². The predicted octanol–water partition coefficient (Wildman–Crippen LogP) is -0.515. The van der Waals surface area contributed by atoms with Crippen molar-refractivity contribution >= 4 is 11.4 Å². The molecule has 3 nitrogen and oxygen atoms in total. The van der Waals surface area contributed by atoms with Gasteiger partial charge in [-0.3, -0.25) is 4.90 Å². The van der Waals surface area contributed by atoms with E-state index >= 15 is 0 Å². The summed E-state index contributed by atoms with van der Waals surface area (Å²) in [5, 5.41) is 0. The van der Waals surface area contributed by atoms with Gasteiger partial charge in [0.15, 0.2) is 5.88 Å². The fourth-order valence-electron chi connectivity index (χ4n) is 0.765. The quantitative estimate of drug-likeness (QED) is 0.433. The topological polar surface area (TPSA) is 29.5 Å². The largest absolute Gasteiger partial charge is 0.597 e. The number of likely N-dealkylation sites (N-methyl/N-ethyl adjacent to an activating group) is 2. The minimum Gasteiger partial charge on any atom is -0.597 e. The van der Waals surface area contributed by atoms with Crippen LogP contribution >= 0.6 is 0 Å². The van der Waals surface area contributed by atoms with Crippen LogP contribution in [-0.4, -0.2) is 46.8 Å². The smallest absolute Gasteiger partial charge is 0.179 e. The van der Waals surface area contributed by atoms with E-state index in [1.54, 1.807) is 0 Å². The van der Waals surface area contributed by atoms with Crippen molar-refractivity contribution in [3.05, 3.63) is 0 Å². The highest BCUT2D eigenvalue weighted by Gasteiger charge is 2.22. The first-order chi connectivity index (χ1) is 4.20. The van der Waals surface area contributed by atoms with Gasteiger partial charge in [0, 0.05) is 13.6 Å². The third-order valence-corrected chi connectivity index (χ3v) is 3.01. The molecule has 1 fully saturated rings. The molecule has 4 heteroatoms. The second-order valence-electron chi connectivity index (χ2n) is 2.38. The molecule has 54 valence electrons. The molecule has 0 amide bonds. The van der Waals surface area contributed by atoms with Crippen molar-refractivity contribution in [2.24, 2.45) is 0 Å². The molecule has 1 atom stereocenters. The summed E-state index contributed by atoms with van der Waals surface area (Å²) in [5.41, 5.74) is 0. The SMILES string of the molecule is CN1CCN(C)[S+]([O-])C1. The lowest BCUT2D eigenvalue weighted by Gasteiger charge is -2.30. The molecule has 0 aromatic heterocycles. The molecule has 0 saturated carbocycles. The van der Waals surface area contributed by atoms with E-state index in [1.165, 1.54) is 0 Å². The van der Waals surface area contributed by atoms with Crippen molar-refractivity contribution in [1.82, 2.24) is 9.21 Å². The minimum atomic E-state index is -0.756. The summed E-state index contributed by atoms with van der Waals surface area (Å²) in [7, 11) is 3.88. The van der Waals surface area contributed by atoms with Gasteiger partial charge in [-0.1, -0.05) is 0 Å². The fourth-order valence-corrected chi connectivity index (χ4v) is 1.75. The molecule has 1 heterocycles. The van der Waals surface area contributed by atoms with Gasteiger partial charge < -0.3 is 4.55 Å². The molecule has 1 saturated heterocycles. The van der Waals surface area contributed by atoms with Gasteiger partial charge in [0.25, 0.3) is 0 Å². The van der Waals surface area contributed by atoms with E-state index in [4.69, 9.17) is 0 Å². The van der Waals surface area contributed by atoms with E-state index < -0.39 is 11.4 Å². The van der Waals surface area contributed by atoms with Crippen LogP contribution in [-0.2, 0) is 11.4 Å². The summed E-state index contributed by atoms with van der Waals surface area (Å²) in [6, 6.07) is 0. The number of rotatable bonds is 0. The van der Waals surface area contributed by atoms with Crippen molar-refractivity contribution in [2.75, 3.05) is 33.1 Å². The minimum absolute atomic E-state index is 0.691. The average molecular weight is 148 g/mol. The van der Waals surface area contributed by atoms with Crippen molar-refractivity contribution in [3.63, 3.8) is 0 Å². The van der Waals surface area contributed by atoms with Gasteiger partial charge in [-0.05, 0) is 7.05 Å². The Hall–Kier alpha value is 0.230. The van der Waals surface area contributed by atoms with Crippen molar-refractivity contribution in [3.8, 4) is 0 Å². The summed E-state index contributed by atoms with van der Waals surface area (Å²) >= 11 is -0.756. The number of hydrogen-bond donors (Lipinski definition) is 0. The summed E-state index contributed by atoms with van der Waals surface area (Å²) in [6.07, 6.45) is 0. The molecule has 0 aromatic rings. The maximum Gasteiger partial charge on any atom is 0.179 e. The summed E-state index contributed by atoms with van der Waals surface area (Å²) < 4.78 is 12.9. The third-order valence-electron chi connectivity index (χ3n) is 1.48. The molecule has 1 rings (SSSR count). The number of hydrogen-bond acceptors (Lipinski definition) is 3. The van der Waals surface area contributed by atoms with Gasteiger partial charge in [0.05, 0.1) is 17.9 Å². The Bertz CT molecular complexity index is 101. The second kappa shape index (κ2) is 2.88. The van der Waals surface area contributed by atoms with Crippen LogP contribution in [0.15, 0.2) is 0 Å². The zero-order valence-electron chi connectivity index (χ0n) is 5.83. The second-order valence-corrected chi connectivity index (χ2v) is 3.91. The van der Waals surface area contributed by atoms with Crippen LogP contribution in [0.25, 0.3) is 0 Å². The Morgan fingerprint density at radius 1 is 1.33 bits per heavy atom. The van der Waals surface area contributed by atoms with Crippen LogP contribution in [0.4, 0.5) is 0 Å². The highest BCUT2D eigenvalue weighted by atomic mass is 32.2. The molecule has 0 aromatic carbocycles. The Morgan fingerprint density at radius 2 is 2.00 bits per heavy atom. The highest BCUT2D eigenvalue weighted by Crippen LogP contribution is 2.05. The van der Waals surface area contributed by atoms with Gasteiger partial charge >= 0.3 is 0 Å². The molecule has 0 radical (unpaired) electrons. The molecule has 1 aliphatic rings. The Labute approximate surface area is 58.9 Å². The Kier molecular flexibility index (Phi) is 2.35. The average Bonchev–Trinajstić information content (AvgIpc) is 1.80. The normalized spacial score (nSPS) is 33.0. The van der Waals surface area contributed by atoms with E-state index in [-0.39, 0.29) is 0 Å². The van der Waals surface area contributed by atoms with E-state index in [9.17, 15) is 4.55 Å². The molecule has 1 aliphatic heterocycles. The molecule has 0 N–H and O–H groups in total. The van der Waals surface area contributed by atoms with E-state index in [0.717, 1.165) is 13.1 Å².